The Labute approximate surface area is 215 Å². The molecule has 0 saturated heterocycles. The molecule has 1 rings (SSSR count). The second kappa shape index (κ2) is 19.6. The third-order valence-electron chi connectivity index (χ3n) is 6.08. The number of unbranched alkanes of at least 4 members (excludes halogenated alkanes) is 14. The topological polar surface area (TPSA) is 57.2 Å². The molecule has 0 aromatic heterocycles. The zero-order chi connectivity index (χ0) is 22.1. The third kappa shape index (κ3) is 14.8. The van der Waals surface area contributed by atoms with Gasteiger partial charge in [-0.15, -0.1) is 0 Å². The van der Waals surface area contributed by atoms with Crippen LogP contribution in [-0.4, -0.2) is 13.0 Å². The Bertz CT molecular complexity index is 659. The minimum atomic E-state index is -4.41. The van der Waals surface area contributed by atoms with Crippen LogP contribution in [0, 0.1) is 0 Å². The van der Waals surface area contributed by atoms with Crippen LogP contribution in [0.25, 0.3) is 0 Å². The molecule has 0 spiro atoms. The molecule has 0 bridgehead atoms. The van der Waals surface area contributed by atoms with Gasteiger partial charge in [0.05, 0.1) is 4.90 Å². The van der Waals surface area contributed by atoms with E-state index in [9.17, 15) is 13.0 Å². The summed E-state index contributed by atoms with van der Waals surface area (Å²) < 4.78 is 35.4. The molecule has 0 heterocycles. The number of hydrogen-bond acceptors (Lipinski definition) is 3. The predicted octanol–water partition coefficient (Wildman–Crippen LogP) is 4.96. The van der Waals surface area contributed by atoms with Crippen molar-refractivity contribution in [1.82, 2.24) is 0 Å². The smallest absolute Gasteiger partial charge is 0.744 e. The van der Waals surface area contributed by atoms with E-state index in [1.807, 2.05) is 6.07 Å². The van der Waals surface area contributed by atoms with Crippen molar-refractivity contribution in [3.8, 4) is 0 Å². The van der Waals surface area contributed by atoms with Crippen molar-refractivity contribution in [2.75, 3.05) is 0 Å². The van der Waals surface area contributed by atoms with Gasteiger partial charge in [0.15, 0.2) is 0 Å². The first kappa shape index (κ1) is 31.1. The monoisotopic (exact) mass is 460 g/mol. The van der Waals surface area contributed by atoms with Gasteiger partial charge in [-0.1, -0.05) is 116 Å². The van der Waals surface area contributed by atoms with E-state index in [1.165, 1.54) is 89.5 Å². The Kier molecular flexibility index (Phi) is 19.7. The Morgan fingerprint density at radius 3 is 1.52 bits per heavy atom. The van der Waals surface area contributed by atoms with Crippen molar-refractivity contribution >= 4 is 10.1 Å². The second-order valence-corrected chi connectivity index (χ2v) is 10.1. The van der Waals surface area contributed by atoms with Crippen LogP contribution < -0.4 is 29.6 Å². The maximum Gasteiger partial charge on any atom is 1.00 e. The van der Waals surface area contributed by atoms with Crippen LogP contribution in [0.15, 0.2) is 23.1 Å². The summed E-state index contributed by atoms with van der Waals surface area (Å²) in [5.74, 6) is 0. The molecule has 1 aromatic carbocycles. The van der Waals surface area contributed by atoms with Crippen LogP contribution in [0.3, 0.4) is 0 Å². The Morgan fingerprint density at radius 1 is 0.645 bits per heavy atom. The van der Waals surface area contributed by atoms with Crippen molar-refractivity contribution < 1.29 is 42.5 Å². The third-order valence-corrected chi connectivity index (χ3v) is 7.00. The summed E-state index contributed by atoms with van der Waals surface area (Å²) in [5, 5.41) is 0. The van der Waals surface area contributed by atoms with Gasteiger partial charge in [-0.2, -0.15) is 0 Å². The summed E-state index contributed by atoms with van der Waals surface area (Å²) in [7, 11) is -4.41. The van der Waals surface area contributed by atoms with Gasteiger partial charge in [-0.05, 0) is 42.9 Å². The maximum atomic E-state index is 11.8. The number of aryl methyl sites for hydroxylation is 1. The Balaban J connectivity index is 0.00000900. The summed E-state index contributed by atoms with van der Waals surface area (Å²) >= 11 is 0. The average Bonchev–Trinajstić information content (AvgIpc) is 2.71. The van der Waals surface area contributed by atoms with Crippen molar-refractivity contribution in [2.45, 2.75) is 134 Å². The maximum absolute atomic E-state index is 11.8. The van der Waals surface area contributed by atoms with Crippen molar-refractivity contribution in [1.29, 1.82) is 0 Å². The average molecular weight is 461 g/mol. The predicted molar refractivity (Wildman–Crippen MR) is 127 cm³/mol. The van der Waals surface area contributed by atoms with E-state index in [0.717, 1.165) is 36.8 Å². The van der Waals surface area contributed by atoms with Gasteiger partial charge < -0.3 is 4.55 Å². The molecule has 0 atom stereocenters. The van der Waals surface area contributed by atoms with Crippen LogP contribution in [0.1, 0.15) is 128 Å². The normalized spacial score (nSPS) is 11.5. The Morgan fingerprint density at radius 2 is 1.06 bits per heavy atom. The molecule has 5 heteroatoms. The largest absolute Gasteiger partial charge is 1.00 e. The first-order valence-electron chi connectivity index (χ1n) is 12.6. The van der Waals surface area contributed by atoms with Gasteiger partial charge >= 0.3 is 29.6 Å². The molecule has 1 aromatic rings. The quantitative estimate of drug-likeness (QED) is 0.167. The minimum absolute atomic E-state index is 0. The fraction of sp³-hybridized carbons (Fsp3) is 0.769. The standard InChI is InChI=1S/C26H46O3S.Na/c1-3-5-7-9-11-13-15-17-20-24-21-19-23-26(30(27,28)29)25(24)22-18-16-14-12-10-8-6-4-2;/h19,21,23H,3-18,20,22H2,1-2H3,(H,27,28,29);/q;+1/p-1. The van der Waals surface area contributed by atoms with Crippen molar-refractivity contribution in [3.05, 3.63) is 29.3 Å². The molecule has 0 amide bonds. The van der Waals surface area contributed by atoms with Gasteiger partial charge in [0.2, 0.25) is 0 Å². The molecular weight excluding hydrogens is 415 g/mol. The fourth-order valence-corrected chi connectivity index (χ4v) is 5.03. The number of benzene rings is 1. The molecule has 0 radical (unpaired) electrons. The SMILES string of the molecule is CCCCCCCCCCc1cccc(S(=O)(=O)[O-])c1CCCCCCCCCC.[Na+]. The van der Waals surface area contributed by atoms with Crippen LogP contribution >= 0.6 is 0 Å². The van der Waals surface area contributed by atoms with Crippen molar-refractivity contribution in [3.63, 3.8) is 0 Å². The summed E-state index contributed by atoms with van der Waals surface area (Å²) in [5.41, 5.74) is 1.86. The molecule has 0 aliphatic heterocycles. The van der Waals surface area contributed by atoms with Crippen LogP contribution in [-0.2, 0) is 23.0 Å². The summed E-state index contributed by atoms with van der Waals surface area (Å²) in [4.78, 5) is 0.0162. The van der Waals surface area contributed by atoms with E-state index >= 15 is 0 Å². The first-order chi connectivity index (χ1) is 14.5. The van der Waals surface area contributed by atoms with Gasteiger partial charge in [0, 0.05) is 0 Å². The second-order valence-electron chi connectivity index (χ2n) is 8.80. The number of hydrogen-bond donors (Lipinski definition) is 0. The summed E-state index contributed by atoms with van der Waals surface area (Å²) in [6, 6.07) is 5.26. The molecule has 0 unspecified atom stereocenters. The molecule has 31 heavy (non-hydrogen) atoms. The zero-order valence-corrected chi connectivity index (χ0v) is 23.4. The van der Waals surface area contributed by atoms with Crippen molar-refractivity contribution in [2.24, 2.45) is 0 Å². The van der Waals surface area contributed by atoms with E-state index in [1.54, 1.807) is 6.07 Å². The molecular formula is C26H45NaO3S. The molecule has 0 aliphatic rings. The van der Waals surface area contributed by atoms with Gasteiger partial charge in [0.25, 0.3) is 0 Å². The van der Waals surface area contributed by atoms with E-state index in [4.69, 9.17) is 0 Å². The van der Waals surface area contributed by atoms with Gasteiger partial charge in [-0.3, -0.25) is 0 Å². The summed E-state index contributed by atoms with van der Waals surface area (Å²) in [6.07, 6.45) is 21.4. The van der Waals surface area contributed by atoms with Crippen LogP contribution in [0.5, 0.6) is 0 Å². The van der Waals surface area contributed by atoms with E-state index < -0.39 is 10.1 Å². The molecule has 0 saturated carbocycles. The first-order valence-corrected chi connectivity index (χ1v) is 14.0. The molecule has 0 fully saturated rings. The number of rotatable bonds is 19. The summed E-state index contributed by atoms with van der Waals surface area (Å²) in [6.45, 7) is 4.47. The molecule has 0 N–H and O–H groups in total. The molecule has 174 valence electrons. The minimum Gasteiger partial charge on any atom is -0.744 e. The van der Waals surface area contributed by atoms with Crippen LogP contribution in [0.2, 0.25) is 0 Å². The zero-order valence-electron chi connectivity index (χ0n) is 20.6. The molecule has 0 aliphatic carbocycles. The fourth-order valence-electron chi connectivity index (χ4n) is 4.25. The van der Waals surface area contributed by atoms with Gasteiger partial charge in [0.1, 0.15) is 10.1 Å². The van der Waals surface area contributed by atoms with E-state index in [2.05, 4.69) is 13.8 Å². The van der Waals surface area contributed by atoms with Gasteiger partial charge in [-0.25, -0.2) is 8.42 Å². The van der Waals surface area contributed by atoms with Crippen LogP contribution in [0.4, 0.5) is 0 Å². The van der Waals surface area contributed by atoms with E-state index in [-0.39, 0.29) is 34.5 Å². The van der Waals surface area contributed by atoms with E-state index in [0.29, 0.717) is 6.42 Å². The molecule has 3 nitrogen and oxygen atoms in total. The Hall–Kier alpha value is 0.130.